The Kier molecular flexibility index (Phi) is 19.1. The Bertz CT molecular complexity index is 3160. The van der Waals surface area contributed by atoms with E-state index in [4.69, 9.17) is 104 Å². The van der Waals surface area contributed by atoms with Gasteiger partial charge in [-0.1, -0.05) is 214 Å². The maximum absolute atomic E-state index is 6.06. The third-order valence-corrected chi connectivity index (χ3v) is 15.7. The number of hydrogen-bond donors (Lipinski definition) is 0. The summed E-state index contributed by atoms with van der Waals surface area (Å²) >= 11 is 54.5. The van der Waals surface area contributed by atoms with Crippen LogP contribution in [0.5, 0.6) is 0 Å². The molecule has 0 bridgehead atoms. The fourth-order valence-electron chi connectivity index (χ4n) is 9.16. The molecular weight excluding hydrogens is 1180 g/mol. The van der Waals surface area contributed by atoms with Crippen molar-refractivity contribution in [3.8, 4) is 100 Å². The molecule has 0 aliphatic rings. The van der Waals surface area contributed by atoms with Crippen LogP contribution >= 0.6 is 104 Å². The summed E-state index contributed by atoms with van der Waals surface area (Å²) in [7, 11) is 0. The summed E-state index contributed by atoms with van der Waals surface area (Å²) in [6.45, 7) is 0. The van der Waals surface area contributed by atoms with Gasteiger partial charge in [0.25, 0.3) is 0 Å². The molecule has 0 radical (unpaired) electrons. The predicted octanol–water partition coefficient (Wildman–Crippen LogP) is 25.9. The van der Waals surface area contributed by atoms with Gasteiger partial charge < -0.3 is 0 Å². The van der Waals surface area contributed by atoms with Crippen LogP contribution in [0.2, 0.25) is 45.2 Å². The lowest BCUT2D eigenvalue weighted by Gasteiger charge is -2.12. The maximum atomic E-state index is 6.06. The zero-order valence-corrected chi connectivity index (χ0v) is 49.7. The highest BCUT2D eigenvalue weighted by atomic mass is 35.5. The van der Waals surface area contributed by atoms with Crippen LogP contribution in [0.15, 0.2) is 273 Å². The second-order valence-electron chi connectivity index (χ2n) is 19.0. The number of hydrogen-bond acceptors (Lipinski definition) is 0. The van der Waals surface area contributed by atoms with Gasteiger partial charge in [-0.05, 0) is 264 Å². The number of halogens is 9. The van der Waals surface area contributed by atoms with Crippen LogP contribution in [0.25, 0.3) is 100 Å². The summed E-state index contributed by atoms with van der Waals surface area (Å²) in [6.07, 6.45) is 0. The molecule has 0 aliphatic heterocycles. The molecule has 0 aromatic heterocycles. The van der Waals surface area contributed by atoms with Crippen LogP contribution in [0.3, 0.4) is 0 Å². The molecule has 12 rings (SSSR count). The monoisotopic (exact) mass is 1220 g/mol. The van der Waals surface area contributed by atoms with Crippen molar-refractivity contribution >= 4 is 104 Å². The van der Waals surface area contributed by atoms with Crippen molar-refractivity contribution in [2.24, 2.45) is 0 Å². The summed E-state index contributed by atoms with van der Waals surface area (Å²) in [6, 6.07) is 90.7. The Labute approximate surface area is 518 Å². The summed E-state index contributed by atoms with van der Waals surface area (Å²) in [5.41, 5.74) is 20.2. The zero-order valence-electron chi connectivity index (χ0n) is 42.9. The molecule has 9 heteroatoms. The van der Waals surface area contributed by atoms with Crippen LogP contribution < -0.4 is 0 Å². The first kappa shape index (κ1) is 57.5. The molecule has 396 valence electrons. The molecule has 0 aliphatic carbocycles. The lowest BCUT2D eigenvalue weighted by molar-refractivity contribution is 1.56. The van der Waals surface area contributed by atoms with Gasteiger partial charge in [-0.3, -0.25) is 0 Å². The van der Waals surface area contributed by atoms with Crippen LogP contribution in [-0.2, 0) is 0 Å². The smallest absolute Gasteiger partial charge is 0.0406 e. The third-order valence-electron chi connectivity index (χ3n) is 13.4. The van der Waals surface area contributed by atoms with Crippen LogP contribution in [0, 0.1) is 0 Å². The van der Waals surface area contributed by atoms with Gasteiger partial charge in [0.2, 0.25) is 0 Å². The SMILES string of the molecule is Clc1ccc(-c2cc(-c3ccc(Cl)cc3)cc(-c3ccc(Cl)cc3)c2)cc1.Clc1ccc(-c2cc(-c3ccc(Cl)cc3)cc(-c3ccc(Cl)cc3)c2)cc1.Clc1ccc(-c2cc(-c3ccc(Cl)cc3)cc(-c3ccc(Cl)cc3)c2)cc1. The van der Waals surface area contributed by atoms with Gasteiger partial charge in [0, 0.05) is 45.2 Å². The molecule has 81 heavy (non-hydrogen) atoms. The van der Waals surface area contributed by atoms with Gasteiger partial charge in [0.05, 0.1) is 0 Å². The van der Waals surface area contributed by atoms with Gasteiger partial charge in [-0.15, -0.1) is 0 Å². The topological polar surface area (TPSA) is 0 Å². The normalized spacial score (nSPS) is 10.8. The van der Waals surface area contributed by atoms with E-state index >= 15 is 0 Å². The minimum absolute atomic E-state index is 0.727. The van der Waals surface area contributed by atoms with E-state index in [0.29, 0.717) is 0 Å². The van der Waals surface area contributed by atoms with E-state index in [2.05, 4.69) is 54.6 Å². The fraction of sp³-hybridized carbons (Fsp3) is 0. The molecule has 0 amide bonds. The first-order valence-corrected chi connectivity index (χ1v) is 28.9. The Balaban J connectivity index is 0.000000136. The van der Waals surface area contributed by atoms with E-state index < -0.39 is 0 Å². The minimum atomic E-state index is 0.727. The molecule has 0 saturated heterocycles. The van der Waals surface area contributed by atoms with Gasteiger partial charge in [-0.25, -0.2) is 0 Å². The van der Waals surface area contributed by atoms with E-state index in [9.17, 15) is 0 Å². The molecule has 0 unspecified atom stereocenters. The molecule has 0 heterocycles. The molecule has 0 atom stereocenters. The average molecular weight is 1230 g/mol. The summed E-state index contributed by atoms with van der Waals surface area (Å²) in [5, 5.41) is 6.55. The molecular formula is C72H45Cl9. The van der Waals surface area contributed by atoms with Crippen molar-refractivity contribution in [3.05, 3.63) is 318 Å². The van der Waals surface area contributed by atoms with Gasteiger partial charge in [0.1, 0.15) is 0 Å². The lowest BCUT2D eigenvalue weighted by Crippen LogP contribution is -1.86. The van der Waals surface area contributed by atoms with Crippen molar-refractivity contribution < 1.29 is 0 Å². The zero-order chi connectivity index (χ0) is 56.4. The lowest BCUT2D eigenvalue weighted by atomic mass is 9.93. The molecule has 0 spiro atoms. The number of benzene rings is 12. The van der Waals surface area contributed by atoms with Crippen molar-refractivity contribution in [1.29, 1.82) is 0 Å². The molecule has 12 aromatic rings. The van der Waals surface area contributed by atoms with Crippen molar-refractivity contribution in [1.82, 2.24) is 0 Å². The highest BCUT2D eigenvalue weighted by molar-refractivity contribution is 6.33. The highest BCUT2D eigenvalue weighted by Gasteiger charge is 2.12. The van der Waals surface area contributed by atoms with E-state index in [1.807, 2.05) is 218 Å². The quantitative estimate of drug-likeness (QED) is 0.135. The van der Waals surface area contributed by atoms with E-state index in [-0.39, 0.29) is 0 Å². The predicted molar refractivity (Wildman–Crippen MR) is 353 cm³/mol. The molecule has 0 fully saturated rings. The summed E-state index contributed by atoms with van der Waals surface area (Å²) in [5.74, 6) is 0. The van der Waals surface area contributed by atoms with E-state index in [1.54, 1.807) is 0 Å². The molecule has 0 N–H and O–H groups in total. The Morgan fingerprint density at radius 1 is 0.0988 bits per heavy atom. The second kappa shape index (κ2) is 26.9. The van der Waals surface area contributed by atoms with Gasteiger partial charge in [-0.2, -0.15) is 0 Å². The first-order chi connectivity index (χ1) is 39.2. The Morgan fingerprint density at radius 2 is 0.173 bits per heavy atom. The largest absolute Gasteiger partial charge is 0.0843 e. The van der Waals surface area contributed by atoms with Crippen LogP contribution in [-0.4, -0.2) is 0 Å². The van der Waals surface area contributed by atoms with Crippen molar-refractivity contribution in [3.63, 3.8) is 0 Å². The fourth-order valence-corrected chi connectivity index (χ4v) is 10.3. The summed E-state index contributed by atoms with van der Waals surface area (Å²) < 4.78 is 0. The van der Waals surface area contributed by atoms with Gasteiger partial charge in [0.15, 0.2) is 0 Å². The third kappa shape index (κ3) is 15.4. The summed E-state index contributed by atoms with van der Waals surface area (Å²) in [4.78, 5) is 0. The molecule has 0 saturated carbocycles. The van der Waals surface area contributed by atoms with E-state index in [1.165, 1.54) is 0 Å². The Hall–Kier alpha value is -6.75. The molecule has 12 aromatic carbocycles. The van der Waals surface area contributed by atoms with Crippen molar-refractivity contribution in [2.75, 3.05) is 0 Å². The van der Waals surface area contributed by atoms with Crippen molar-refractivity contribution in [2.45, 2.75) is 0 Å². The minimum Gasteiger partial charge on any atom is -0.0843 e. The molecule has 0 nitrogen and oxygen atoms in total. The Morgan fingerprint density at radius 3 is 0.247 bits per heavy atom. The average Bonchev–Trinajstić information content (AvgIpc) is 3.50. The standard InChI is InChI=1S/3C24H15Cl3/c3*25-22-7-1-16(2-8-22)19-13-20(17-3-9-23(26)10-4-17)15-21(14-19)18-5-11-24(27)12-6-18/h3*1-15H. The maximum Gasteiger partial charge on any atom is 0.0406 e. The van der Waals surface area contributed by atoms with Gasteiger partial charge >= 0.3 is 0 Å². The van der Waals surface area contributed by atoms with Crippen LogP contribution in [0.1, 0.15) is 0 Å². The second-order valence-corrected chi connectivity index (χ2v) is 22.9. The first-order valence-electron chi connectivity index (χ1n) is 25.5. The highest BCUT2D eigenvalue weighted by Crippen LogP contribution is 2.38. The van der Waals surface area contributed by atoms with Crippen LogP contribution in [0.4, 0.5) is 0 Å². The van der Waals surface area contributed by atoms with E-state index in [0.717, 1.165) is 145 Å². The number of rotatable bonds is 9.